The van der Waals surface area contributed by atoms with Gasteiger partial charge in [-0.15, -0.1) is 0 Å². The minimum atomic E-state index is -0.0191. The zero-order valence-corrected chi connectivity index (χ0v) is 18.0. The van der Waals surface area contributed by atoms with Gasteiger partial charge in [-0.2, -0.15) is 0 Å². The molecule has 0 atom stereocenters. The predicted molar refractivity (Wildman–Crippen MR) is 121 cm³/mol. The van der Waals surface area contributed by atoms with Crippen molar-refractivity contribution in [2.75, 3.05) is 6.61 Å². The van der Waals surface area contributed by atoms with Gasteiger partial charge in [-0.1, -0.05) is 49.7 Å². The van der Waals surface area contributed by atoms with Crippen LogP contribution in [0, 0.1) is 0 Å². The molecule has 0 aliphatic carbocycles. The van der Waals surface area contributed by atoms with Crippen molar-refractivity contribution in [1.82, 2.24) is 9.88 Å². The number of hydrogen-bond acceptors (Lipinski definition) is 3. The van der Waals surface area contributed by atoms with Gasteiger partial charge in [0.05, 0.1) is 0 Å². The van der Waals surface area contributed by atoms with Gasteiger partial charge in [0.25, 0.3) is 5.91 Å². The second-order valence-corrected chi connectivity index (χ2v) is 7.74. The Bertz CT molecular complexity index is 937. The molecule has 3 aromatic rings. The lowest BCUT2D eigenvalue weighted by Crippen LogP contribution is -2.39. The number of benzene rings is 2. The average molecular weight is 403 g/mol. The van der Waals surface area contributed by atoms with Crippen molar-refractivity contribution in [1.29, 1.82) is 0 Å². The van der Waals surface area contributed by atoms with E-state index in [0.29, 0.717) is 6.54 Å². The summed E-state index contributed by atoms with van der Waals surface area (Å²) in [6.07, 6.45) is 5.79. The van der Waals surface area contributed by atoms with Crippen LogP contribution in [0.3, 0.4) is 0 Å². The Morgan fingerprint density at radius 1 is 1.00 bits per heavy atom. The maximum absolute atomic E-state index is 12.9. The first-order valence-corrected chi connectivity index (χ1v) is 10.6. The summed E-state index contributed by atoms with van der Waals surface area (Å²) in [6, 6.07) is 20.3. The number of aromatic nitrogens is 1. The van der Waals surface area contributed by atoms with Crippen LogP contribution in [-0.4, -0.2) is 28.4 Å². The van der Waals surface area contributed by atoms with Crippen LogP contribution in [-0.2, 0) is 17.8 Å². The highest BCUT2D eigenvalue weighted by Crippen LogP contribution is 2.21. The van der Waals surface area contributed by atoms with Gasteiger partial charge in [0.2, 0.25) is 0 Å². The smallest absolute Gasteiger partial charge is 0.261 e. The second kappa shape index (κ2) is 10.6. The van der Waals surface area contributed by atoms with Gasteiger partial charge >= 0.3 is 0 Å². The van der Waals surface area contributed by atoms with Crippen molar-refractivity contribution in [2.45, 2.75) is 46.2 Å². The first-order valence-electron chi connectivity index (χ1n) is 10.6. The third-order valence-electron chi connectivity index (χ3n) is 5.04. The monoisotopic (exact) mass is 402 g/mol. The van der Waals surface area contributed by atoms with Crippen molar-refractivity contribution in [3.05, 3.63) is 84.2 Å². The molecule has 0 saturated carbocycles. The molecule has 1 aromatic heterocycles. The minimum Gasteiger partial charge on any atom is -0.484 e. The van der Waals surface area contributed by atoms with E-state index >= 15 is 0 Å². The van der Waals surface area contributed by atoms with Crippen LogP contribution < -0.4 is 4.74 Å². The van der Waals surface area contributed by atoms with Crippen LogP contribution in [0.15, 0.2) is 73.1 Å². The van der Waals surface area contributed by atoms with E-state index in [4.69, 9.17) is 4.74 Å². The number of carbonyl (C=O) groups excluding carboxylic acids is 1. The van der Waals surface area contributed by atoms with Crippen LogP contribution in [0.5, 0.6) is 5.75 Å². The predicted octanol–water partition coefficient (Wildman–Crippen LogP) is 5.52. The highest BCUT2D eigenvalue weighted by Gasteiger charge is 2.18. The van der Waals surface area contributed by atoms with Gasteiger partial charge in [0.1, 0.15) is 5.75 Å². The highest BCUT2D eigenvalue weighted by atomic mass is 16.5. The molecule has 0 spiro atoms. The fourth-order valence-corrected chi connectivity index (χ4v) is 3.41. The summed E-state index contributed by atoms with van der Waals surface area (Å²) in [5, 5.41) is 0. The number of hydrogen-bond donors (Lipinski definition) is 0. The number of aryl methyl sites for hydroxylation is 1. The molecule has 0 aliphatic rings. The van der Waals surface area contributed by atoms with Gasteiger partial charge < -0.3 is 9.64 Å². The topological polar surface area (TPSA) is 42.4 Å². The van der Waals surface area contributed by atoms with Crippen LogP contribution in [0.1, 0.15) is 38.3 Å². The van der Waals surface area contributed by atoms with Crippen molar-refractivity contribution in [3.8, 4) is 16.9 Å². The molecule has 1 heterocycles. The Morgan fingerprint density at radius 3 is 2.43 bits per heavy atom. The standard InChI is InChI=1S/C26H30N2O2/c1-4-7-21-11-13-25(14-12-21)30-19-26(29)28(20(2)3)18-22-8-5-9-23(16-22)24-10-6-15-27-17-24/h5-6,8-17,20H,4,7,18-19H2,1-3H3. The number of pyridine rings is 1. The Balaban J connectivity index is 1.65. The summed E-state index contributed by atoms with van der Waals surface area (Å²) < 4.78 is 5.76. The number of ether oxygens (including phenoxy) is 1. The molecule has 0 saturated heterocycles. The molecule has 0 N–H and O–H groups in total. The van der Waals surface area contributed by atoms with E-state index in [2.05, 4.69) is 42.2 Å². The lowest BCUT2D eigenvalue weighted by atomic mass is 10.0. The fraction of sp³-hybridized carbons (Fsp3) is 0.308. The Labute approximate surface area is 179 Å². The van der Waals surface area contributed by atoms with Gasteiger partial charge in [0, 0.05) is 25.0 Å². The molecule has 2 aromatic carbocycles. The molecule has 1 amide bonds. The zero-order chi connectivity index (χ0) is 21.3. The normalized spacial score (nSPS) is 10.8. The van der Waals surface area contributed by atoms with Crippen LogP contribution in [0.25, 0.3) is 11.1 Å². The van der Waals surface area contributed by atoms with Crippen molar-refractivity contribution >= 4 is 5.91 Å². The Kier molecular flexibility index (Phi) is 7.61. The average Bonchev–Trinajstić information content (AvgIpc) is 2.77. The molecule has 0 radical (unpaired) electrons. The largest absolute Gasteiger partial charge is 0.484 e. The van der Waals surface area contributed by atoms with E-state index in [1.165, 1.54) is 5.56 Å². The summed E-state index contributed by atoms with van der Waals surface area (Å²) in [4.78, 5) is 18.9. The molecule has 30 heavy (non-hydrogen) atoms. The van der Waals surface area contributed by atoms with E-state index in [-0.39, 0.29) is 18.6 Å². The number of carbonyl (C=O) groups is 1. The Morgan fingerprint density at radius 2 is 1.77 bits per heavy atom. The number of rotatable bonds is 9. The second-order valence-electron chi connectivity index (χ2n) is 7.74. The van der Waals surface area contributed by atoms with E-state index < -0.39 is 0 Å². The third-order valence-corrected chi connectivity index (χ3v) is 5.04. The fourth-order valence-electron chi connectivity index (χ4n) is 3.41. The van der Waals surface area contributed by atoms with Crippen LogP contribution in [0.4, 0.5) is 0 Å². The number of amides is 1. The summed E-state index contributed by atoms with van der Waals surface area (Å²) >= 11 is 0. The van der Waals surface area contributed by atoms with E-state index in [1.54, 1.807) is 6.20 Å². The molecule has 4 heteroatoms. The van der Waals surface area contributed by atoms with E-state index in [1.807, 2.05) is 55.3 Å². The van der Waals surface area contributed by atoms with Gasteiger partial charge in [-0.25, -0.2) is 0 Å². The van der Waals surface area contributed by atoms with E-state index in [0.717, 1.165) is 35.3 Å². The summed E-state index contributed by atoms with van der Waals surface area (Å²) in [5.74, 6) is 0.708. The van der Waals surface area contributed by atoms with Crippen molar-refractivity contribution in [3.63, 3.8) is 0 Å². The lowest BCUT2D eigenvalue weighted by molar-refractivity contribution is -0.135. The molecule has 0 fully saturated rings. The molecular weight excluding hydrogens is 372 g/mol. The highest BCUT2D eigenvalue weighted by molar-refractivity contribution is 5.78. The Hall–Kier alpha value is -3.14. The molecule has 0 unspecified atom stereocenters. The maximum Gasteiger partial charge on any atom is 0.261 e. The van der Waals surface area contributed by atoms with Gasteiger partial charge in [-0.05, 0) is 66.8 Å². The summed E-state index contributed by atoms with van der Waals surface area (Å²) in [7, 11) is 0. The molecule has 0 aliphatic heterocycles. The van der Waals surface area contributed by atoms with Crippen LogP contribution >= 0.6 is 0 Å². The SMILES string of the molecule is CCCc1ccc(OCC(=O)N(Cc2cccc(-c3cccnc3)c2)C(C)C)cc1. The van der Waals surface area contributed by atoms with E-state index in [9.17, 15) is 4.79 Å². The summed E-state index contributed by atoms with van der Waals surface area (Å²) in [5.41, 5.74) is 4.53. The van der Waals surface area contributed by atoms with Crippen molar-refractivity contribution in [2.24, 2.45) is 0 Å². The number of nitrogens with zero attached hydrogens (tertiary/aromatic N) is 2. The quantitative estimate of drug-likeness (QED) is 0.473. The lowest BCUT2D eigenvalue weighted by Gasteiger charge is -2.27. The van der Waals surface area contributed by atoms with Gasteiger partial charge in [0.15, 0.2) is 6.61 Å². The summed E-state index contributed by atoms with van der Waals surface area (Å²) in [6.45, 7) is 6.80. The van der Waals surface area contributed by atoms with Crippen molar-refractivity contribution < 1.29 is 9.53 Å². The van der Waals surface area contributed by atoms with Crippen LogP contribution in [0.2, 0.25) is 0 Å². The molecule has 3 rings (SSSR count). The third kappa shape index (κ3) is 5.93. The minimum absolute atomic E-state index is 0.0191. The van der Waals surface area contributed by atoms with Gasteiger partial charge in [-0.3, -0.25) is 9.78 Å². The molecule has 0 bridgehead atoms. The molecular formula is C26H30N2O2. The first kappa shape index (κ1) is 21.6. The maximum atomic E-state index is 12.9. The molecule has 156 valence electrons. The zero-order valence-electron chi connectivity index (χ0n) is 18.0. The first-order chi connectivity index (χ1) is 14.6. The molecule has 4 nitrogen and oxygen atoms in total.